The van der Waals surface area contributed by atoms with E-state index in [9.17, 15) is 4.39 Å². The van der Waals surface area contributed by atoms with Crippen molar-refractivity contribution in [2.24, 2.45) is 0 Å². The largest absolute Gasteiger partial charge is 0.496 e. The van der Waals surface area contributed by atoms with Crippen LogP contribution >= 0.6 is 0 Å². The summed E-state index contributed by atoms with van der Waals surface area (Å²) in [6, 6.07) is 12.1. The van der Waals surface area contributed by atoms with Crippen LogP contribution in [0, 0.1) is 5.82 Å². The molecule has 0 radical (unpaired) electrons. The number of methoxy groups -OCH3 is 1. The second-order valence-corrected chi connectivity index (χ2v) is 4.37. The summed E-state index contributed by atoms with van der Waals surface area (Å²) >= 11 is 0. The van der Waals surface area contributed by atoms with E-state index in [1.54, 1.807) is 13.2 Å². The number of anilines is 2. The number of halogens is 1. The normalized spacial score (nSPS) is 10.3. The lowest BCUT2D eigenvalue weighted by Gasteiger charge is -2.22. The summed E-state index contributed by atoms with van der Waals surface area (Å²) in [5.74, 6) is 0.396. The van der Waals surface area contributed by atoms with Crippen molar-refractivity contribution in [1.82, 2.24) is 0 Å². The van der Waals surface area contributed by atoms with Gasteiger partial charge in [0, 0.05) is 19.2 Å². The van der Waals surface area contributed by atoms with Crippen LogP contribution in [-0.4, -0.2) is 14.2 Å². The molecule has 2 rings (SSSR count). The third-order valence-corrected chi connectivity index (χ3v) is 3.00. The topological polar surface area (TPSA) is 38.5 Å². The Bertz CT molecular complexity index is 572. The number of hydrogen-bond acceptors (Lipinski definition) is 3. The summed E-state index contributed by atoms with van der Waals surface area (Å²) < 4.78 is 18.6. The molecule has 0 spiro atoms. The van der Waals surface area contributed by atoms with Crippen molar-refractivity contribution in [3.63, 3.8) is 0 Å². The molecule has 0 heterocycles. The summed E-state index contributed by atoms with van der Waals surface area (Å²) in [5, 5.41) is 0. The molecule has 0 aliphatic rings. The molecule has 4 heteroatoms. The van der Waals surface area contributed by atoms with Gasteiger partial charge in [-0.25, -0.2) is 4.39 Å². The minimum absolute atomic E-state index is 0.273. The predicted molar refractivity (Wildman–Crippen MR) is 75.9 cm³/mol. The molecule has 0 saturated carbocycles. The first-order chi connectivity index (χ1) is 9.11. The van der Waals surface area contributed by atoms with E-state index in [0.29, 0.717) is 18.0 Å². The van der Waals surface area contributed by atoms with Gasteiger partial charge in [0.1, 0.15) is 11.6 Å². The Morgan fingerprint density at radius 2 is 1.95 bits per heavy atom. The van der Waals surface area contributed by atoms with Crippen LogP contribution in [0.5, 0.6) is 5.75 Å². The standard InChI is InChI=1S/C15H17FN2O/c1-18(14-6-4-3-5-13(14)17)10-11-9-12(16)7-8-15(11)19-2/h3-9H,10,17H2,1-2H3. The van der Waals surface area contributed by atoms with Gasteiger partial charge in [-0.2, -0.15) is 0 Å². The zero-order valence-electron chi connectivity index (χ0n) is 11.1. The quantitative estimate of drug-likeness (QED) is 0.859. The minimum atomic E-state index is -0.273. The molecule has 0 aliphatic carbocycles. The SMILES string of the molecule is COc1ccc(F)cc1CN(C)c1ccccc1N. The van der Waals surface area contributed by atoms with Crippen molar-refractivity contribution in [1.29, 1.82) is 0 Å². The lowest BCUT2D eigenvalue weighted by Crippen LogP contribution is -2.18. The van der Waals surface area contributed by atoms with Crippen molar-refractivity contribution < 1.29 is 9.13 Å². The molecule has 0 amide bonds. The van der Waals surface area contributed by atoms with Gasteiger partial charge in [-0.1, -0.05) is 12.1 Å². The van der Waals surface area contributed by atoms with Gasteiger partial charge in [-0.3, -0.25) is 0 Å². The average molecular weight is 260 g/mol. The molecular weight excluding hydrogens is 243 g/mol. The molecule has 0 unspecified atom stereocenters. The van der Waals surface area contributed by atoms with E-state index in [1.165, 1.54) is 12.1 Å². The maximum Gasteiger partial charge on any atom is 0.124 e. The number of nitrogen functional groups attached to an aromatic ring is 1. The van der Waals surface area contributed by atoms with Crippen LogP contribution in [0.3, 0.4) is 0 Å². The Balaban J connectivity index is 2.26. The lowest BCUT2D eigenvalue weighted by molar-refractivity contribution is 0.408. The number of benzene rings is 2. The van der Waals surface area contributed by atoms with Crippen LogP contribution in [-0.2, 0) is 6.54 Å². The fourth-order valence-corrected chi connectivity index (χ4v) is 2.05. The third-order valence-electron chi connectivity index (χ3n) is 3.00. The number of rotatable bonds is 4. The first-order valence-electron chi connectivity index (χ1n) is 6.00. The van der Waals surface area contributed by atoms with Crippen LogP contribution in [0.15, 0.2) is 42.5 Å². The summed E-state index contributed by atoms with van der Waals surface area (Å²) in [6.07, 6.45) is 0. The van der Waals surface area contributed by atoms with Crippen molar-refractivity contribution in [2.75, 3.05) is 24.8 Å². The van der Waals surface area contributed by atoms with E-state index >= 15 is 0 Å². The highest BCUT2D eigenvalue weighted by atomic mass is 19.1. The van der Waals surface area contributed by atoms with E-state index in [4.69, 9.17) is 10.5 Å². The highest BCUT2D eigenvalue weighted by molar-refractivity contribution is 5.67. The number of ether oxygens (including phenoxy) is 1. The van der Waals surface area contributed by atoms with Gasteiger partial charge in [0.05, 0.1) is 18.5 Å². The Kier molecular flexibility index (Phi) is 3.90. The van der Waals surface area contributed by atoms with Crippen LogP contribution in [0.4, 0.5) is 15.8 Å². The first kappa shape index (κ1) is 13.2. The second kappa shape index (κ2) is 5.61. The molecule has 0 bridgehead atoms. The fourth-order valence-electron chi connectivity index (χ4n) is 2.05. The van der Waals surface area contributed by atoms with Gasteiger partial charge in [0.25, 0.3) is 0 Å². The van der Waals surface area contributed by atoms with Crippen molar-refractivity contribution in [2.45, 2.75) is 6.54 Å². The third kappa shape index (κ3) is 2.96. The molecule has 3 nitrogen and oxygen atoms in total. The highest BCUT2D eigenvalue weighted by Crippen LogP contribution is 2.26. The van der Waals surface area contributed by atoms with E-state index in [1.807, 2.05) is 36.2 Å². The van der Waals surface area contributed by atoms with E-state index < -0.39 is 0 Å². The van der Waals surface area contributed by atoms with Crippen LogP contribution < -0.4 is 15.4 Å². The molecule has 2 aromatic carbocycles. The summed E-state index contributed by atoms with van der Waals surface area (Å²) in [5.41, 5.74) is 8.32. The van der Waals surface area contributed by atoms with Crippen molar-refractivity contribution in [3.8, 4) is 5.75 Å². The van der Waals surface area contributed by atoms with Crippen LogP contribution in [0.2, 0.25) is 0 Å². The number of hydrogen-bond donors (Lipinski definition) is 1. The fraction of sp³-hybridized carbons (Fsp3) is 0.200. The first-order valence-corrected chi connectivity index (χ1v) is 6.00. The zero-order chi connectivity index (χ0) is 13.8. The summed E-state index contributed by atoms with van der Waals surface area (Å²) in [6.45, 7) is 0.523. The summed E-state index contributed by atoms with van der Waals surface area (Å²) in [7, 11) is 3.49. The van der Waals surface area contributed by atoms with Gasteiger partial charge < -0.3 is 15.4 Å². The molecule has 100 valence electrons. The lowest BCUT2D eigenvalue weighted by atomic mass is 10.1. The Hall–Kier alpha value is -2.23. The van der Waals surface area contributed by atoms with Crippen LogP contribution in [0.25, 0.3) is 0 Å². The Morgan fingerprint density at radius 3 is 2.63 bits per heavy atom. The number of para-hydroxylation sites is 2. The van der Waals surface area contributed by atoms with E-state index in [-0.39, 0.29) is 5.82 Å². The van der Waals surface area contributed by atoms with Gasteiger partial charge in [-0.05, 0) is 30.3 Å². The minimum Gasteiger partial charge on any atom is -0.496 e. The van der Waals surface area contributed by atoms with E-state index in [0.717, 1.165) is 11.3 Å². The molecule has 0 saturated heterocycles. The molecular formula is C15H17FN2O. The second-order valence-electron chi connectivity index (χ2n) is 4.37. The zero-order valence-corrected chi connectivity index (χ0v) is 11.1. The summed E-state index contributed by atoms with van der Waals surface area (Å²) in [4.78, 5) is 1.96. The highest BCUT2D eigenvalue weighted by Gasteiger charge is 2.10. The molecule has 0 aliphatic heterocycles. The number of nitrogens with two attached hydrogens (primary N) is 1. The molecule has 0 fully saturated rings. The smallest absolute Gasteiger partial charge is 0.124 e. The molecule has 19 heavy (non-hydrogen) atoms. The molecule has 0 atom stereocenters. The maximum absolute atomic E-state index is 13.3. The van der Waals surface area contributed by atoms with Gasteiger partial charge in [-0.15, -0.1) is 0 Å². The molecule has 0 aromatic heterocycles. The predicted octanol–water partition coefficient (Wildman–Crippen LogP) is 3.05. The van der Waals surface area contributed by atoms with Gasteiger partial charge >= 0.3 is 0 Å². The average Bonchev–Trinajstić information content (AvgIpc) is 2.39. The molecule has 2 N–H and O–H groups in total. The number of nitrogens with zero attached hydrogens (tertiary/aromatic N) is 1. The Labute approximate surface area is 112 Å². The Morgan fingerprint density at radius 1 is 1.21 bits per heavy atom. The molecule has 2 aromatic rings. The monoisotopic (exact) mass is 260 g/mol. The van der Waals surface area contributed by atoms with Gasteiger partial charge in [0.15, 0.2) is 0 Å². The van der Waals surface area contributed by atoms with E-state index in [2.05, 4.69) is 0 Å². The van der Waals surface area contributed by atoms with Gasteiger partial charge in [0.2, 0.25) is 0 Å². The van der Waals surface area contributed by atoms with Crippen molar-refractivity contribution >= 4 is 11.4 Å². The van der Waals surface area contributed by atoms with Crippen LogP contribution in [0.1, 0.15) is 5.56 Å². The maximum atomic E-state index is 13.3. The van der Waals surface area contributed by atoms with Crippen molar-refractivity contribution in [3.05, 3.63) is 53.8 Å².